The number of nitrogens with zero attached hydrogens (tertiary/aromatic N) is 2. The van der Waals surface area contributed by atoms with E-state index in [0.29, 0.717) is 5.89 Å². The molecule has 3 rings (SSSR count). The van der Waals surface area contributed by atoms with E-state index >= 15 is 0 Å². The van der Waals surface area contributed by atoms with Gasteiger partial charge in [-0.2, -0.15) is 0 Å². The van der Waals surface area contributed by atoms with Gasteiger partial charge in [0, 0.05) is 12.1 Å². The zero-order valence-electron chi connectivity index (χ0n) is 13.5. The number of sulfonamides is 1. The number of ether oxygens (including phenoxy) is 1. The summed E-state index contributed by atoms with van der Waals surface area (Å²) in [5, 5.41) is 9.37. The number of carbonyl (C=O) groups is 1. The maximum atomic E-state index is 11.9. The molecule has 0 spiro atoms. The van der Waals surface area contributed by atoms with Crippen LogP contribution in [0, 0.1) is 0 Å². The zero-order valence-corrected chi connectivity index (χ0v) is 15.1. The monoisotopic (exact) mass is 393 g/mol. The molecule has 3 aromatic rings. The Morgan fingerprint density at radius 3 is 2.69 bits per heavy atom. The highest BCUT2D eigenvalue weighted by molar-refractivity contribution is 7.91. The Kier molecular flexibility index (Phi) is 5.76. The number of thiophene rings is 1. The highest BCUT2D eigenvalue weighted by Crippen LogP contribution is 2.17. The second-order valence-electron chi connectivity index (χ2n) is 5.11. The maximum Gasteiger partial charge on any atom is 0.307 e. The molecule has 2 heterocycles. The first kappa shape index (κ1) is 18.2. The van der Waals surface area contributed by atoms with Crippen LogP contribution in [0.4, 0.5) is 0 Å². The standard InChI is InChI=1S/C16H15N3O5S2/c20-14(8-9-17-26(21,22)15-7-4-10-25-15)23-11-13-18-19-16(24-13)12-5-2-1-3-6-12/h1-7,10,17H,8-9,11H2. The smallest absolute Gasteiger partial charge is 0.307 e. The summed E-state index contributed by atoms with van der Waals surface area (Å²) in [5.74, 6) is -0.0740. The topological polar surface area (TPSA) is 111 Å². The summed E-state index contributed by atoms with van der Waals surface area (Å²) in [6.45, 7) is -0.228. The third kappa shape index (κ3) is 4.75. The van der Waals surface area contributed by atoms with E-state index in [0.717, 1.165) is 16.9 Å². The van der Waals surface area contributed by atoms with E-state index in [1.54, 1.807) is 11.4 Å². The minimum absolute atomic E-state index is 0.0574. The van der Waals surface area contributed by atoms with Gasteiger partial charge in [-0.25, -0.2) is 13.1 Å². The Bertz CT molecular complexity index is 953. The first-order valence-corrected chi connectivity index (χ1v) is 9.97. The van der Waals surface area contributed by atoms with Gasteiger partial charge < -0.3 is 9.15 Å². The molecule has 0 unspecified atom stereocenters. The maximum absolute atomic E-state index is 11.9. The molecule has 1 aromatic carbocycles. The molecule has 0 aliphatic rings. The molecule has 0 fully saturated rings. The van der Waals surface area contributed by atoms with Gasteiger partial charge in [0.15, 0.2) is 6.61 Å². The molecule has 0 bridgehead atoms. The highest BCUT2D eigenvalue weighted by Gasteiger charge is 2.16. The van der Waals surface area contributed by atoms with Crippen LogP contribution in [0.5, 0.6) is 0 Å². The largest absolute Gasteiger partial charge is 0.456 e. The Labute approximate surface area is 153 Å². The normalized spacial score (nSPS) is 11.4. The van der Waals surface area contributed by atoms with Crippen LogP contribution in [0.25, 0.3) is 11.5 Å². The number of aromatic nitrogens is 2. The Hall–Kier alpha value is -2.56. The number of rotatable bonds is 8. The predicted molar refractivity (Wildman–Crippen MR) is 93.7 cm³/mol. The quantitative estimate of drug-likeness (QED) is 0.584. The number of esters is 1. The molecule has 2 aromatic heterocycles. The number of benzene rings is 1. The van der Waals surface area contributed by atoms with Crippen LogP contribution < -0.4 is 4.72 Å². The number of carbonyl (C=O) groups excluding carboxylic acids is 1. The van der Waals surface area contributed by atoms with Crippen LogP contribution in [-0.2, 0) is 26.2 Å². The lowest BCUT2D eigenvalue weighted by atomic mass is 10.2. The van der Waals surface area contributed by atoms with Crippen LogP contribution >= 0.6 is 11.3 Å². The minimum Gasteiger partial charge on any atom is -0.456 e. The summed E-state index contributed by atoms with van der Waals surface area (Å²) in [6.07, 6.45) is -0.107. The molecule has 0 radical (unpaired) electrons. The van der Waals surface area contributed by atoms with E-state index in [-0.39, 0.29) is 29.7 Å². The predicted octanol–water partition coefficient (Wildman–Crippen LogP) is 2.21. The summed E-state index contributed by atoms with van der Waals surface area (Å²) < 4.78 is 36.8. The molecule has 10 heteroatoms. The molecular weight excluding hydrogens is 378 g/mol. The van der Waals surface area contributed by atoms with Crippen molar-refractivity contribution >= 4 is 27.3 Å². The van der Waals surface area contributed by atoms with Gasteiger partial charge in [0.2, 0.25) is 15.9 Å². The lowest BCUT2D eigenvalue weighted by molar-refractivity contribution is -0.145. The number of hydrogen-bond acceptors (Lipinski definition) is 8. The van der Waals surface area contributed by atoms with Crippen molar-refractivity contribution in [3.8, 4) is 11.5 Å². The van der Waals surface area contributed by atoms with E-state index in [2.05, 4.69) is 14.9 Å². The van der Waals surface area contributed by atoms with Crippen LogP contribution in [-0.4, -0.2) is 31.1 Å². The Balaban J connectivity index is 1.44. The lowest BCUT2D eigenvalue weighted by Crippen LogP contribution is -2.26. The van der Waals surface area contributed by atoms with Crippen molar-refractivity contribution in [2.45, 2.75) is 17.2 Å². The first-order chi connectivity index (χ1) is 12.5. The third-order valence-electron chi connectivity index (χ3n) is 3.23. The van der Waals surface area contributed by atoms with Crippen LogP contribution in [0.2, 0.25) is 0 Å². The van der Waals surface area contributed by atoms with Crippen molar-refractivity contribution in [2.24, 2.45) is 0 Å². The molecule has 26 heavy (non-hydrogen) atoms. The average Bonchev–Trinajstić information content (AvgIpc) is 3.33. The van der Waals surface area contributed by atoms with Gasteiger partial charge in [-0.3, -0.25) is 4.79 Å². The van der Waals surface area contributed by atoms with Crippen molar-refractivity contribution in [3.63, 3.8) is 0 Å². The van der Waals surface area contributed by atoms with Crippen LogP contribution in [0.1, 0.15) is 12.3 Å². The third-order valence-corrected chi connectivity index (χ3v) is 6.08. The molecule has 0 saturated carbocycles. The molecule has 0 atom stereocenters. The van der Waals surface area contributed by atoms with E-state index in [4.69, 9.17) is 9.15 Å². The summed E-state index contributed by atoms with van der Waals surface area (Å²) in [4.78, 5) is 11.7. The SMILES string of the molecule is O=C(CCNS(=O)(=O)c1cccs1)OCc1nnc(-c2ccccc2)o1. The molecule has 0 aliphatic carbocycles. The van der Waals surface area contributed by atoms with Gasteiger partial charge in [-0.15, -0.1) is 21.5 Å². The first-order valence-electron chi connectivity index (χ1n) is 7.61. The molecule has 0 saturated heterocycles. The van der Waals surface area contributed by atoms with Gasteiger partial charge in [0.1, 0.15) is 4.21 Å². The van der Waals surface area contributed by atoms with Crippen molar-refractivity contribution in [1.29, 1.82) is 0 Å². The summed E-state index contributed by atoms with van der Waals surface area (Å²) in [5.41, 5.74) is 0.764. The average molecular weight is 393 g/mol. The van der Waals surface area contributed by atoms with E-state index < -0.39 is 16.0 Å². The van der Waals surface area contributed by atoms with Gasteiger partial charge in [-0.05, 0) is 23.6 Å². The molecular formula is C16H15N3O5S2. The second kappa shape index (κ2) is 8.21. The van der Waals surface area contributed by atoms with E-state index in [1.807, 2.05) is 30.3 Å². The summed E-state index contributed by atoms with van der Waals surface area (Å²) in [7, 11) is -3.59. The fourth-order valence-electron chi connectivity index (χ4n) is 2.00. The molecule has 136 valence electrons. The summed E-state index contributed by atoms with van der Waals surface area (Å²) in [6, 6.07) is 12.3. The minimum atomic E-state index is -3.59. The van der Waals surface area contributed by atoms with Gasteiger partial charge >= 0.3 is 5.97 Å². The number of nitrogens with one attached hydrogen (secondary N) is 1. The molecule has 8 nitrogen and oxygen atoms in total. The van der Waals surface area contributed by atoms with Crippen molar-refractivity contribution in [2.75, 3.05) is 6.54 Å². The van der Waals surface area contributed by atoms with Crippen LogP contribution in [0.3, 0.4) is 0 Å². The lowest BCUT2D eigenvalue weighted by Gasteiger charge is -2.04. The number of hydrogen-bond donors (Lipinski definition) is 1. The molecule has 0 aliphatic heterocycles. The van der Waals surface area contributed by atoms with E-state index in [9.17, 15) is 13.2 Å². The van der Waals surface area contributed by atoms with Crippen molar-refractivity contribution in [1.82, 2.24) is 14.9 Å². The van der Waals surface area contributed by atoms with Crippen LogP contribution in [0.15, 0.2) is 56.5 Å². The second-order valence-corrected chi connectivity index (χ2v) is 8.05. The molecule has 0 amide bonds. The zero-order chi connectivity index (χ0) is 18.4. The Morgan fingerprint density at radius 2 is 1.96 bits per heavy atom. The molecule has 1 N–H and O–H groups in total. The van der Waals surface area contributed by atoms with Gasteiger partial charge in [-0.1, -0.05) is 24.3 Å². The van der Waals surface area contributed by atoms with E-state index in [1.165, 1.54) is 6.07 Å². The van der Waals surface area contributed by atoms with Gasteiger partial charge in [0.25, 0.3) is 5.89 Å². The van der Waals surface area contributed by atoms with Crippen molar-refractivity contribution in [3.05, 3.63) is 53.7 Å². The van der Waals surface area contributed by atoms with Crippen molar-refractivity contribution < 1.29 is 22.4 Å². The highest BCUT2D eigenvalue weighted by atomic mass is 32.2. The fraction of sp³-hybridized carbons (Fsp3) is 0.188. The Morgan fingerprint density at radius 1 is 1.15 bits per heavy atom. The van der Waals surface area contributed by atoms with Gasteiger partial charge in [0.05, 0.1) is 6.42 Å². The fourth-order valence-corrected chi connectivity index (χ4v) is 4.07. The summed E-state index contributed by atoms with van der Waals surface area (Å²) >= 11 is 1.10.